The molecule has 5 aromatic rings. The molecule has 0 radical (unpaired) electrons. The fourth-order valence-corrected chi connectivity index (χ4v) is 5.55. The zero-order valence-corrected chi connectivity index (χ0v) is 21.7. The van der Waals surface area contributed by atoms with E-state index < -0.39 is 21.1 Å². The maximum absolute atomic E-state index is 13.1. The molecule has 5 rings (SSSR count). The molecular formula is C26H27N3O6S. The first kappa shape index (κ1) is 24.0. The van der Waals surface area contributed by atoms with E-state index in [9.17, 15) is 13.6 Å². The Hall–Kier alpha value is -3.76. The maximum atomic E-state index is 13.1. The number of hydrogen-bond donors (Lipinski definition) is 1. The summed E-state index contributed by atoms with van der Waals surface area (Å²) in [6.45, 7) is 5.54. The quantitative estimate of drug-likeness (QED) is 0.354. The van der Waals surface area contributed by atoms with Gasteiger partial charge in [-0.05, 0) is 50.6 Å². The van der Waals surface area contributed by atoms with E-state index in [0.717, 1.165) is 16.8 Å². The molecule has 0 amide bonds. The van der Waals surface area contributed by atoms with Gasteiger partial charge in [-0.15, -0.1) is 0 Å². The number of methoxy groups -OCH3 is 1. The van der Waals surface area contributed by atoms with Gasteiger partial charge in [0, 0.05) is 23.5 Å². The molecule has 0 bridgehead atoms. The Balaban J connectivity index is 1.76. The minimum atomic E-state index is -3.97. The lowest BCUT2D eigenvalue weighted by Gasteiger charge is -2.34. The molecular weight excluding hydrogens is 482 g/mol. The minimum Gasteiger partial charge on any atom is -0.496 e. The van der Waals surface area contributed by atoms with Crippen LogP contribution in [0.1, 0.15) is 30.0 Å². The zero-order valence-electron chi connectivity index (χ0n) is 20.9. The molecule has 1 N–H and O–H groups in total. The summed E-state index contributed by atoms with van der Waals surface area (Å²) in [5, 5.41) is 4.72. The third-order valence-electron chi connectivity index (χ3n) is 6.47. The molecule has 3 heterocycles. The number of pyridine rings is 1. The Bertz CT molecular complexity index is 1760. The van der Waals surface area contributed by atoms with E-state index >= 15 is 0 Å². The summed E-state index contributed by atoms with van der Waals surface area (Å²) in [7, 11) is -2.40. The van der Waals surface area contributed by atoms with Crippen LogP contribution in [0.3, 0.4) is 0 Å². The van der Waals surface area contributed by atoms with Crippen LogP contribution in [0.25, 0.3) is 33.1 Å². The zero-order chi connectivity index (χ0) is 26.0. The highest BCUT2D eigenvalue weighted by Crippen LogP contribution is 2.39. The van der Waals surface area contributed by atoms with Crippen LogP contribution in [0.5, 0.6) is 5.75 Å². The van der Waals surface area contributed by atoms with Crippen molar-refractivity contribution < 1.29 is 22.4 Å². The average molecular weight is 510 g/mol. The number of aryl methyl sites for hydroxylation is 2. The lowest BCUT2D eigenvalue weighted by Crippen LogP contribution is -2.28. The second-order valence-electron chi connectivity index (χ2n) is 9.49. The van der Waals surface area contributed by atoms with Gasteiger partial charge in [0.1, 0.15) is 17.0 Å². The number of aromatic nitrogens is 3. The molecule has 0 aliphatic heterocycles. The van der Waals surface area contributed by atoms with Crippen LogP contribution in [0.15, 0.2) is 61.2 Å². The molecule has 2 aromatic carbocycles. The van der Waals surface area contributed by atoms with Crippen LogP contribution in [0.4, 0.5) is 0 Å². The second-order valence-corrected chi connectivity index (χ2v) is 13.5. The highest BCUT2D eigenvalue weighted by Gasteiger charge is 2.24. The van der Waals surface area contributed by atoms with Crippen molar-refractivity contribution in [3.05, 3.63) is 70.2 Å². The van der Waals surface area contributed by atoms with Crippen molar-refractivity contribution in [1.82, 2.24) is 14.7 Å². The number of benzene rings is 2. The van der Waals surface area contributed by atoms with E-state index in [0.29, 0.717) is 44.0 Å². The molecule has 188 valence electrons. The largest absolute Gasteiger partial charge is 0.496 e. The lowest BCUT2D eigenvalue weighted by atomic mass is 10.00. The third-order valence-corrected chi connectivity index (χ3v) is 8.07. The van der Waals surface area contributed by atoms with E-state index in [4.69, 9.17) is 13.7 Å². The van der Waals surface area contributed by atoms with Crippen molar-refractivity contribution in [2.24, 2.45) is 0 Å². The van der Waals surface area contributed by atoms with E-state index in [-0.39, 0.29) is 0 Å². The van der Waals surface area contributed by atoms with Crippen LogP contribution >= 0.6 is 0 Å². The van der Waals surface area contributed by atoms with Gasteiger partial charge in [-0.25, -0.2) is 9.00 Å². The average Bonchev–Trinajstić information content (AvgIpc) is 3.34. The van der Waals surface area contributed by atoms with Gasteiger partial charge in [-0.3, -0.25) is 14.1 Å². The van der Waals surface area contributed by atoms with Crippen molar-refractivity contribution >= 4 is 31.3 Å². The number of oxazole rings is 1. The molecule has 0 aliphatic rings. The maximum Gasteiger partial charge on any atom is 0.420 e. The Morgan fingerprint density at radius 1 is 1.17 bits per heavy atom. The summed E-state index contributed by atoms with van der Waals surface area (Å²) < 4.78 is 41.4. The first-order valence-electron chi connectivity index (χ1n) is 11.3. The SMILES string of the molecule is COc1cc2c(cc1-c1c(C)noc1C)ncc1oc(=O)n([C@H](C)c3cccc(S(C)(C)(=O)O)c3)c12. The normalized spacial score (nSPS) is 14.1. The summed E-state index contributed by atoms with van der Waals surface area (Å²) >= 11 is 0. The molecule has 0 unspecified atom stereocenters. The number of fused-ring (bicyclic) bond motifs is 3. The number of hydrogen-bond acceptors (Lipinski definition) is 7. The van der Waals surface area contributed by atoms with Crippen LogP contribution in [-0.2, 0) is 9.35 Å². The first-order chi connectivity index (χ1) is 16.9. The topological polar surface area (TPSA) is 121 Å². The van der Waals surface area contributed by atoms with E-state index in [1.54, 1.807) is 25.3 Å². The molecule has 0 aliphatic carbocycles. The lowest BCUT2D eigenvalue weighted by molar-refractivity contribution is 0.393. The number of rotatable bonds is 5. The van der Waals surface area contributed by atoms with Crippen LogP contribution in [0, 0.1) is 13.8 Å². The van der Waals surface area contributed by atoms with Gasteiger partial charge in [0.05, 0.1) is 41.0 Å². The predicted octanol–water partition coefficient (Wildman–Crippen LogP) is 4.94. The van der Waals surface area contributed by atoms with Crippen LogP contribution in [0.2, 0.25) is 0 Å². The van der Waals surface area contributed by atoms with Crippen LogP contribution in [-0.4, -0.2) is 43.1 Å². The van der Waals surface area contributed by atoms with Gasteiger partial charge in [-0.2, -0.15) is 9.35 Å². The van der Waals surface area contributed by atoms with Gasteiger partial charge < -0.3 is 13.7 Å². The van der Waals surface area contributed by atoms with Gasteiger partial charge in [0.2, 0.25) is 0 Å². The van der Waals surface area contributed by atoms with Crippen molar-refractivity contribution in [1.29, 1.82) is 0 Å². The highest BCUT2D eigenvalue weighted by atomic mass is 32.3. The first-order valence-corrected chi connectivity index (χ1v) is 14.0. The fraction of sp³-hybridized carbons (Fsp3) is 0.269. The van der Waals surface area contributed by atoms with Crippen LogP contribution < -0.4 is 10.5 Å². The molecule has 9 nitrogen and oxygen atoms in total. The highest BCUT2D eigenvalue weighted by molar-refractivity contribution is 8.14. The number of nitrogens with zero attached hydrogens (tertiary/aromatic N) is 3. The monoisotopic (exact) mass is 509 g/mol. The number of ether oxygens (including phenoxy) is 1. The van der Waals surface area contributed by atoms with Gasteiger partial charge in [-0.1, -0.05) is 17.3 Å². The molecule has 0 spiro atoms. The summed E-state index contributed by atoms with van der Waals surface area (Å²) in [6, 6.07) is 10.0. The second kappa shape index (κ2) is 7.87. The molecule has 0 saturated heterocycles. The van der Waals surface area contributed by atoms with Crippen molar-refractivity contribution in [3.63, 3.8) is 0 Å². The van der Waals surface area contributed by atoms with E-state index in [1.165, 1.54) is 23.3 Å². The van der Waals surface area contributed by atoms with Crippen molar-refractivity contribution in [2.75, 3.05) is 19.6 Å². The van der Waals surface area contributed by atoms with Gasteiger partial charge in [0.15, 0.2) is 5.58 Å². The van der Waals surface area contributed by atoms with Crippen molar-refractivity contribution in [3.8, 4) is 16.9 Å². The summed E-state index contributed by atoms with van der Waals surface area (Å²) in [6.07, 6.45) is 4.14. The smallest absolute Gasteiger partial charge is 0.420 e. The standard InChI is InChI=1S/C26H27N3O6S/c1-14-24(16(3)35-28-14)20-11-21-19(12-22(20)33-4)25-23(13-27-21)34-26(30)29(25)15(2)17-8-7-9-18(10-17)36(5,6,31)32/h7-13,15H,1-6H3,(H,31,32)/t15-/m1/s1. The van der Waals surface area contributed by atoms with Gasteiger partial charge in [0.25, 0.3) is 0 Å². The summed E-state index contributed by atoms with van der Waals surface area (Å²) in [5.41, 5.74) is 4.55. The Kier molecular flexibility index (Phi) is 5.24. The molecule has 0 fully saturated rings. The Morgan fingerprint density at radius 3 is 2.56 bits per heavy atom. The van der Waals surface area contributed by atoms with E-state index in [2.05, 4.69) is 10.1 Å². The molecule has 10 heteroatoms. The Labute approximate surface area is 206 Å². The Morgan fingerprint density at radius 2 is 1.92 bits per heavy atom. The third kappa shape index (κ3) is 3.82. The van der Waals surface area contributed by atoms with Gasteiger partial charge >= 0.3 is 5.76 Å². The predicted molar refractivity (Wildman–Crippen MR) is 138 cm³/mol. The fourth-order valence-electron chi connectivity index (χ4n) is 4.61. The van der Waals surface area contributed by atoms with Crippen molar-refractivity contribution in [2.45, 2.75) is 31.7 Å². The molecule has 1 atom stereocenters. The molecule has 3 aromatic heterocycles. The summed E-state index contributed by atoms with van der Waals surface area (Å²) in [4.78, 5) is 17.9. The van der Waals surface area contributed by atoms with E-state index in [1.807, 2.05) is 39.0 Å². The molecule has 0 saturated carbocycles. The minimum absolute atomic E-state index is 0.300. The summed E-state index contributed by atoms with van der Waals surface area (Å²) in [5.74, 6) is 0.673. The molecule has 36 heavy (non-hydrogen) atoms.